The van der Waals surface area contributed by atoms with Gasteiger partial charge in [0.15, 0.2) is 0 Å². The smallest absolute Gasteiger partial charge is 0.110 e. The molecule has 0 aliphatic heterocycles. The van der Waals surface area contributed by atoms with Crippen LogP contribution >= 0.6 is 0 Å². The predicted molar refractivity (Wildman–Crippen MR) is 58.3 cm³/mol. The van der Waals surface area contributed by atoms with Crippen molar-refractivity contribution in [3.8, 4) is 0 Å². The Morgan fingerprint density at radius 1 is 1.38 bits per heavy atom. The number of carboxylic acids is 1. The second-order valence-electron chi connectivity index (χ2n) is 4.49. The van der Waals surface area contributed by atoms with E-state index >= 15 is 0 Å². The standard InChI is InChI=1S/C13H17NO2/c14-12(6-7-13(15)16)11-5-4-9-2-1-3-10(9)8-11/h4-5,8,12H,1-3,6-7,14H2,(H,15,16)/t12-/m1/s1. The number of carboxylic acid groups (broad SMARTS) is 1. The number of quaternary nitrogens is 1. The first-order chi connectivity index (χ1) is 7.66. The highest BCUT2D eigenvalue weighted by atomic mass is 16.4. The number of fused-ring (bicyclic) bond motifs is 1. The molecule has 0 radical (unpaired) electrons. The second kappa shape index (κ2) is 4.66. The molecule has 1 aromatic carbocycles. The van der Waals surface area contributed by atoms with Gasteiger partial charge in [0.05, 0.1) is 0 Å². The summed E-state index contributed by atoms with van der Waals surface area (Å²) >= 11 is 0. The molecule has 1 aromatic rings. The summed E-state index contributed by atoms with van der Waals surface area (Å²) in [6.45, 7) is 0. The van der Waals surface area contributed by atoms with E-state index in [1.165, 1.54) is 24.0 Å². The van der Waals surface area contributed by atoms with Gasteiger partial charge in [-0.1, -0.05) is 12.1 Å². The van der Waals surface area contributed by atoms with Gasteiger partial charge in [-0.2, -0.15) is 0 Å². The van der Waals surface area contributed by atoms with Gasteiger partial charge in [0, 0.05) is 18.0 Å². The van der Waals surface area contributed by atoms with Crippen LogP contribution in [-0.4, -0.2) is 5.97 Å². The van der Waals surface area contributed by atoms with E-state index in [2.05, 4.69) is 23.9 Å². The largest absolute Gasteiger partial charge is 0.550 e. The third kappa shape index (κ3) is 2.42. The highest BCUT2D eigenvalue weighted by Crippen LogP contribution is 2.25. The summed E-state index contributed by atoms with van der Waals surface area (Å²) < 4.78 is 0. The number of aryl methyl sites for hydroxylation is 2. The van der Waals surface area contributed by atoms with E-state index in [1.807, 2.05) is 0 Å². The number of carbonyl (C=O) groups excluding carboxylic acids is 1. The molecule has 0 heterocycles. The third-order valence-corrected chi connectivity index (χ3v) is 3.29. The minimum atomic E-state index is -0.991. The Balaban J connectivity index is 2.06. The molecule has 0 aromatic heterocycles. The molecule has 0 spiro atoms. The van der Waals surface area contributed by atoms with E-state index in [9.17, 15) is 9.90 Å². The summed E-state index contributed by atoms with van der Waals surface area (Å²) in [7, 11) is 0. The Morgan fingerprint density at radius 3 is 2.88 bits per heavy atom. The van der Waals surface area contributed by atoms with Gasteiger partial charge < -0.3 is 15.6 Å². The van der Waals surface area contributed by atoms with Gasteiger partial charge in [0.1, 0.15) is 6.04 Å². The molecular formula is C13H17NO2. The quantitative estimate of drug-likeness (QED) is 0.773. The van der Waals surface area contributed by atoms with Gasteiger partial charge in [-0.3, -0.25) is 0 Å². The normalized spacial score (nSPS) is 15.8. The summed E-state index contributed by atoms with van der Waals surface area (Å²) in [4.78, 5) is 10.4. The molecule has 0 unspecified atom stereocenters. The Morgan fingerprint density at radius 2 is 2.12 bits per heavy atom. The molecule has 0 saturated heterocycles. The second-order valence-corrected chi connectivity index (χ2v) is 4.49. The van der Waals surface area contributed by atoms with E-state index in [0.717, 1.165) is 12.0 Å². The Labute approximate surface area is 95.3 Å². The number of aliphatic carboxylic acids is 1. The van der Waals surface area contributed by atoms with Crippen LogP contribution in [0.15, 0.2) is 18.2 Å². The lowest BCUT2D eigenvalue weighted by molar-refractivity contribution is -0.428. The molecule has 3 N–H and O–H groups in total. The lowest BCUT2D eigenvalue weighted by atomic mass is 9.99. The van der Waals surface area contributed by atoms with E-state index in [0.29, 0.717) is 6.42 Å². The summed E-state index contributed by atoms with van der Waals surface area (Å²) in [6, 6.07) is 6.49. The van der Waals surface area contributed by atoms with Crippen molar-refractivity contribution in [3.63, 3.8) is 0 Å². The van der Waals surface area contributed by atoms with E-state index in [4.69, 9.17) is 0 Å². The molecule has 3 heteroatoms. The molecule has 0 saturated carbocycles. The summed E-state index contributed by atoms with van der Waals surface area (Å²) in [5, 5.41) is 10.4. The van der Waals surface area contributed by atoms with Crippen molar-refractivity contribution in [1.82, 2.24) is 0 Å². The topological polar surface area (TPSA) is 67.8 Å². The minimum absolute atomic E-state index is 0.0591. The lowest BCUT2D eigenvalue weighted by Crippen LogP contribution is -2.53. The molecule has 1 atom stereocenters. The first kappa shape index (κ1) is 11.1. The number of rotatable bonds is 4. The Bertz CT molecular complexity index is 401. The van der Waals surface area contributed by atoms with Crippen molar-refractivity contribution < 1.29 is 15.6 Å². The van der Waals surface area contributed by atoms with Crippen molar-refractivity contribution in [1.29, 1.82) is 0 Å². The van der Waals surface area contributed by atoms with Gasteiger partial charge in [0.25, 0.3) is 0 Å². The predicted octanol–water partition coefficient (Wildman–Crippen LogP) is -0.0116. The van der Waals surface area contributed by atoms with Gasteiger partial charge in [0.2, 0.25) is 0 Å². The van der Waals surface area contributed by atoms with Crippen LogP contribution in [0.5, 0.6) is 0 Å². The van der Waals surface area contributed by atoms with Crippen molar-refractivity contribution in [2.24, 2.45) is 0 Å². The molecule has 1 aliphatic rings. The van der Waals surface area contributed by atoms with E-state index < -0.39 is 5.97 Å². The molecule has 86 valence electrons. The zero-order chi connectivity index (χ0) is 11.5. The molecule has 0 bridgehead atoms. The van der Waals surface area contributed by atoms with Crippen molar-refractivity contribution in [2.45, 2.75) is 38.1 Å². The van der Waals surface area contributed by atoms with Crippen LogP contribution < -0.4 is 10.8 Å². The Kier molecular flexibility index (Phi) is 3.25. The zero-order valence-electron chi connectivity index (χ0n) is 9.37. The SMILES string of the molecule is [NH3+][C@H](CCC(=O)[O-])c1ccc2c(c1)CCC2. The van der Waals surface area contributed by atoms with Crippen LogP contribution in [0.1, 0.15) is 42.0 Å². The minimum Gasteiger partial charge on any atom is -0.550 e. The van der Waals surface area contributed by atoms with Gasteiger partial charge in [-0.05, 0) is 42.9 Å². The zero-order valence-corrected chi connectivity index (χ0v) is 9.37. The number of hydrogen-bond acceptors (Lipinski definition) is 2. The lowest BCUT2D eigenvalue weighted by Gasteiger charge is -2.11. The monoisotopic (exact) mass is 219 g/mol. The van der Waals surface area contributed by atoms with Gasteiger partial charge in [-0.15, -0.1) is 0 Å². The maximum Gasteiger partial charge on any atom is 0.110 e. The van der Waals surface area contributed by atoms with Crippen LogP contribution in [0.2, 0.25) is 0 Å². The van der Waals surface area contributed by atoms with Crippen LogP contribution in [0.4, 0.5) is 0 Å². The van der Waals surface area contributed by atoms with Crippen LogP contribution in [0, 0.1) is 0 Å². The molecular weight excluding hydrogens is 202 g/mol. The summed E-state index contributed by atoms with van der Waals surface area (Å²) in [6.07, 6.45) is 4.21. The molecule has 1 aliphatic carbocycles. The first-order valence-electron chi connectivity index (χ1n) is 5.81. The van der Waals surface area contributed by atoms with E-state index in [1.54, 1.807) is 0 Å². The number of hydrogen-bond donors (Lipinski definition) is 1. The fraction of sp³-hybridized carbons (Fsp3) is 0.462. The van der Waals surface area contributed by atoms with Crippen molar-refractivity contribution in [2.75, 3.05) is 0 Å². The number of benzene rings is 1. The maximum atomic E-state index is 10.4. The molecule has 0 amide bonds. The molecule has 0 fully saturated rings. The molecule has 2 rings (SSSR count). The third-order valence-electron chi connectivity index (χ3n) is 3.29. The number of carbonyl (C=O) groups is 1. The van der Waals surface area contributed by atoms with Gasteiger partial charge >= 0.3 is 0 Å². The average Bonchev–Trinajstić information content (AvgIpc) is 2.72. The maximum absolute atomic E-state index is 10.4. The fourth-order valence-corrected chi connectivity index (χ4v) is 2.30. The highest BCUT2D eigenvalue weighted by molar-refractivity contribution is 5.64. The molecule has 16 heavy (non-hydrogen) atoms. The first-order valence-corrected chi connectivity index (χ1v) is 5.81. The van der Waals surface area contributed by atoms with Crippen LogP contribution in [0.3, 0.4) is 0 Å². The Hall–Kier alpha value is -1.35. The summed E-state index contributed by atoms with van der Waals surface area (Å²) in [5.74, 6) is -0.991. The van der Waals surface area contributed by atoms with Crippen LogP contribution in [-0.2, 0) is 17.6 Å². The van der Waals surface area contributed by atoms with Gasteiger partial charge in [-0.25, -0.2) is 0 Å². The fourth-order valence-electron chi connectivity index (χ4n) is 2.30. The average molecular weight is 219 g/mol. The van der Waals surface area contributed by atoms with Crippen LogP contribution in [0.25, 0.3) is 0 Å². The van der Waals surface area contributed by atoms with E-state index in [-0.39, 0.29) is 12.5 Å². The van der Waals surface area contributed by atoms with Crippen molar-refractivity contribution >= 4 is 5.97 Å². The summed E-state index contributed by atoms with van der Waals surface area (Å²) in [5.41, 5.74) is 8.03. The highest BCUT2D eigenvalue weighted by Gasteiger charge is 2.15. The molecule has 3 nitrogen and oxygen atoms in total. The van der Waals surface area contributed by atoms with Crippen molar-refractivity contribution in [3.05, 3.63) is 34.9 Å².